The van der Waals surface area contributed by atoms with Gasteiger partial charge in [-0.15, -0.1) is 0 Å². The largest absolute Gasteiger partial charge is 0.384 e. The number of aliphatic hydroxyl groups is 1. The topological polar surface area (TPSA) is 20.2 Å². The molecule has 1 N–H and O–H groups in total. The summed E-state index contributed by atoms with van der Waals surface area (Å²) in [6, 6.07) is 20.2. The Labute approximate surface area is 127 Å². The predicted molar refractivity (Wildman–Crippen MR) is 86.9 cm³/mol. The molecule has 0 heterocycles. The standard InChI is InChI=1S/C18H15BrO/c1-12-9-14(11-15(19)10-12)18(20)17-8-4-6-13-5-2-3-7-16(13)17/h2-11,18,20H,1H3. The molecule has 1 atom stereocenters. The van der Waals surface area contributed by atoms with E-state index in [2.05, 4.69) is 34.1 Å². The van der Waals surface area contributed by atoms with Crippen molar-refractivity contribution in [2.45, 2.75) is 13.0 Å². The van der Waals surface area contributed by atoms with Crippen LogP contribution in [0.15, 0.2) is 65.1 Å². The lowest BCUT2D eigenvalue weighted by Crippen LogP contribution is -2.01. The maximum Gasteiger partial charge on any atom is 0.105 e. The SMILES string of the molecule is Cc1cc(Br)cc(C(O)c2cccc3ccccc23)c1. The van der Waals surface area contributed by atoms with Crippen LogP contribution in [-0.2, 0) is 0 Å². The first-order valence-electron chi connectivity index (χ1n) is 6.58. The molecule has 0 saturated carbocycles. The van der Waals surface area contributed by atoms with Crippen LogP contribution in [0, 0.1) is 6.92 Å². The zero-order valence-electron chi connectivity index (χ0n) is 11.2. The number of benzene rings is 3. The highest BCUT2D eigenvalue weighted by atomic mass is 79.9. The van der Waals surface area contributed by atoms with Crippen LogP contribution in [0.5, 0.6) is 0 Å². The molecule has 0 radical (unpaired) electrons. The fourth-order valence-corrected chi connectivity index (χ4v) is 3.22. The summed E-state index contributed by atoms with van der Waals surface area (Å²) in [5.41, 5.74) is 2.99. The van der Waals surface area contributed by atoms with Crippen LogP contribution in [0.1, 0.15) is 22.8 Å². The minimum Gasteiger partial charge on any atom is -0.384 e. The first-order chi connectivity index (χ1) is 9.65. The molecule has 100 valence electrons. The summed E-state index contributed by atoms with van der Waals surface area (Å²) in [6.45, 7) is 2.03. The lowest BCUT2D eigenvalue weighted by molar-refractivity contribution is 0.222. The fourth-order valence-electron chi connectivity index (χ4n) is 2.59. The molecule has 3 rings (SSSR count). The zero-order valence-corrected chi connectivity index (χ0v) is 12.8. The minimum absolute atomic E-state index is 0.614. The Morgan fingerprint density at radius 2 is 1.70 bits per heavy atom. The Hall–Kier alpha value is -1.64. The van der Waals surface area contributed by atoms with E-state index in [1.165, 1.54) is 0 Å². The van der Waals surface area contributed by atoms with Gasteiger partial charge in [0, 0.05) is 4.47 Å². The molecule has 0 aliphatic carbocycles. The third kappa shape index (κ3) is 2.49. The Kier molecular flexibility index (Phi) is 3.60. The van der Waals surface area contributed by atoms with Crippen molar-refractivity contribution in [3.63, 3.8) is 0 Å². The van der Waals surface area contributed by atoms with Gasteiger partial charge in [-0.05, 0) is 46.5 Å². The molecule has 2 heteroatoms. The van der Waals surface area contributed by atoms with E-state index in [0.717, 1.165) is 31.9 Å². The molecule has 20 heavy (non-hydrogen) atoms. The molecule has 1 nitrogen and oxygen atoms in total. The monoisotopic (exact) mass is 326 g/mol. The smallest absolute Gasteiger partial charge is 0.105 e. The highest BCUT2D eigenvalue weighted by Gasteiger charge is 2.14. The molecular formula is C18H15BrO. The van der Waals surface area contributed by atoms with E-state index in [1.54, 1.807) is 0 Å². The second-order valence-electron chi connectivity index (χ2n) is 5.03. The third-order valence-corrected chi connectivity index (χ3v) is 3.96. The summed E-state index contributed by atoms with van der Waals surface area (Å²) in [4.78, 5) is 0. The van der Waals surface area contributed by atoms with Crippen LogP contribution in [0.3, 0.4) is 0 Å². The van der Waals surface area contributed by atoms with Crippen LogP contribution < -0.4 is 0 Å². The van der Waals surface area contributed by atoms with E-state index >= 15 is 0 Å². The number of rotatable bonds is 2. The molecular weight excluding hydrogens is 312 g/mol. The van der Waals surface area contributed by atoms with Crippen molar-refractivity contribution >= 4 is 26.7 Å². The summed E-state index contributed by atoms with van der Waals surface area (Å²) in [5.74, 6) is 0. The van der Waals surface area contributed by atoms with Gasteiger partial charge >= 0.3 is 0 Å². The van der Waals surface area contributed by atoms with E-state index in [4.69, 9.17) is 0 Å². The van der Waals surface area contributed by atoms with Gasteiger partial charge < -0.3 is 5.11 Å². The average Bonchev–Trinajstić information content (AvgIpc) is 2.45. The molecule has 0 amide bonds. The van der Waals surface area contributed by atoms with Gasteiger partial charge in [-0.1, -0.05) is 64.5 Å². The van der Waals surface area contributed by atoms with E-state index in [0.29, 0.717) is 0 Å². The van der Waals surface area contributed by atoms with Crippen LogP contribution >= 0.6 is 15.9 Å². The third-order valence-electron chi connectivity index (χ3n) is 3.50. The predicted octanol–water partition coefficient (Wildman–Crippen LogP) is 4.99. The summed E-state index contributed by atoms with van der Waals surface area (Å²) in [6.07, 6.45) is -0.614. The summed E-state index contributed by atoms with van der Waals surface area (Å²) >= 11 is 3.49. The fraction of sp³-hybridized carbons (Fsp3) is 0.111. The molecule has 0 fully saturated rings. The molecule has 1 unspecified atom stereocenters. The normalized spacial score (nSPS) is 12.6. The second-order valence-corrected chi connectivity index (χ2v) is 5.95. The lowest BCUT2D eigenvalue weighted by atomic mass is 9.95. The van der Waals surface area contributed by atoms with Gasteiger partial charge in [-0.2, -0.15) is 0 Å². The van der Waals surface area contributed by atoms with Gasteiger partial charge in [0.05, 0.1) is 0 Å². The maximum atomic E-state index is 10.7. The van der Waals surface area contributed by atoms with Gasteiger partial charge in [-0.3, -0.25) is 0 Å². The van der Waals surface area contributed by atoms with Crippen molar-refractivity contribution in [3.05, 3.63) is 81.8 Å². The number of hydrogen-bond donors (Lipinski definition) is 1. The minimum atomic E-state index is -0.614. The number of halogens is 1. The Morgan fingerprint density at radius 3 is 2.50 bits per heavy atom. The van der Waals surface area contributed by atoms with Crippen molar-refractivity contribution < 1.29 is 5.11 Å². The molecule has 0 bridgehead atoms. The first kappa shape index (κ1) is 13.3. The number of hydrogen-bond acceptors (Lipinski definition) is 1. The Balaban J connectivity index is 2.15. The molecule has 0 aliphatic rings. The van der Waals surface area contributed by atoms with Gasteiger partial charge in [0.1, 0.15) is 6.10 Å². The van der Waals surface area contributed by atoms with Gasteiger partial charge in [0.25, 0.3) is 0 Å². The number of aryl methyl sites for hydroxylation is 1. The first-order valence-corrected chi connectivity index (χ1v) is 7.37. The van der Waals surface area contributed by atoms with Crippen LogP contribution in [-0.4, -0.2) is 5.11 Å². The van der Waals surface area contributed by atoms with E-state index in [9.17, 15) is 5.11 Å². The van der Waals surface area contributed by atoms with Crippen molar-refractivity contribution in [1.82, 2.24) is 0 Å². The average molecular weight is 327 g/mol. The van der Waals surface area contributed by atoms with Crippen molar-refractivity contribution in [2.75, 3.05) is 0 Å². The number of fused-ring (bicyclic) bond motifs is 1. The Morgan fingerprint density at radius 1 is 0.950 bits per heavy atom. The van der Waals surface area contributed by atoms with Crippen LogP contribution in [0.2, 0.25) is 0 Å². The van der Waals surface area contributed by atoms with Crippen molar-refractivity contribution in [2.24, 2.45) is 0 Å². The molecule has 0 aromatic heterocycles. The second kappa shape index (κ2) is 5.39. The van der Waals surface area contributed by atoms with E-state index in [1.807, 2.05) is 49.4 Å². The quantitative estimate of drug-likeness (QED) is 0.703. The lowest BCUT2D eigenvalue weighted by Gasteiger charge is -2.15. The summed E-state index contributed by atoms with van der Waals surface area (Å²) < 4.78 is 0.992. The summed E-state index contributed by atoms with van der Waals surface area (Å²) in [7, 11) is 0. The molecule has 0 aliphatic heterocycles. The van der Waals surface area contributed by atoms with Crippen LogP contribution in [0.4, 0.5) is 0 Å². The highest BCUT2D eigenvalue weighted by molar-refractivity contribution is 9.10. The van der Waals surface area contributed by atoms with Gasteiger partial charge in [0.15, 0.2) is 0 Å². The number of aliphatic hydroxyl groups excluding tert-OH is 1. The summed E-state index contributed by atoms with van der Waals surface area (Å²) in [5, 5.41) is 13.0. The van der Waals surface area contributed by atoms with Crippen molar-refractivity contribution in [3.8, 4) is 0 Å². The van der Waals surface area contributed by atoms with Crippen molar-refractivity contribution in [1.29, 1.82) is 0 Å². The van der Waals surface area contributed by atoms with E-state index in [-0.39, 0.29) is 0 Å². The molecule has 0 spiro atoms. The molecule has 3 aromatic rings. The highest BCUT2D eigenvalue weighted by Crippen LogP contribution is 2.30. The van der Waals surface area contributed by atoms with E-state index < -0.39 is 6.10 Å². The Bertz CT molecular complexity index is 739. The molecule has 3 aromatic carbocycles. The maximum absolute atomic E-state index is 10.7. The molecule has 0 saturated heterocycles. The van der Waals surface area contributed by atoms with Gasteiger partial charge in [-0.25, -0.2) is 0 Å². The van der Waals surface area contributed by atoms with Crippen LogP contribution in [0.25, 0.3) is 10.8 Å². The zero-order chi connectivity index (χ0) is 14.1. The van der Waals surface area contributed by atoms with Gasteiger partial charge in [0.2, 0.25) is 0 Å².